The average molecular weight is 332 g/mol. The molecule has 0 saturated heterocycles. The molecule has 1 amide bonds. The Bertz CT molecular complexity index is 595. The van der Waals surface area contributed by atoms with Gasteiger partial charge in [0.25, 0.3) is 5.91 Å². The second-order valence-electron chi connectivity index (χ2n) is 4.95. The van der Waals surface area contributed by atoms with Crippen molar-refractivity contribution in [2.75, 3.05) is 13.6 Å². The van der Waals surface area contributed by atoms with Crippen LogP contribution in [0.1, 0.15) is 21.5 Å². The van der Waals surface area contributed by atoms with Crippen molar-refractivity contribution in [1.29, 1.82) is 0 Å². The molecule has 0 saturated carbocycles. The molecular formula is C17H18BrNO. The summed E-state index contributed by atoms with van der Waals surface area (Å²) in [6, 6.07) is 16.1. The summed E-state index contributed by atoms with van der Waals surface area (Å²) in [4.78, 5) is 14.2. The second kappa shape index (κ2) is 6.71. The lowest BCUT2D eigenvalue weighted by atomic mass is 10.1. The fourth-order valence-electron chi connectivity index (χ4n) is 2.05. The summed E-state index contributed by atoms with van der Waals surface area (Å²) in [5.41, 5.74) is 3.06. The minimum atomic E-state index is 0.0523. The number of nitrogens with zero attached hydrogens (tertiary/aromatic N) is 1. The monoisotopic (exact) mass is 331 g/mol. The number of halogens is 1. The van der Waals surface area contributed by atoms with Crippen LogP contribution >= 0.6 is 15.9 Å². The Kier molecular flexibility index (Phi) is 4.96. The van der Waals surface area contributed by atoms with Crippen molar-refractivity contribution >= 4 is 21.8 Å². The molecule has 2 nitrogen and oxygen atoms in total. The van der Waals surface area contributed by atoms with E-state index in [1.165, 1.54) is 5.56 Å². The number of aryl methyl sites for hydroxylation is 1. The summed E-state index contributed by atoms with van der Waals surface area (Å²) in [7, 11) is 1.85. The van der Waals surface area contributed by atoms with Crippen LogP contribution in [-0.4, -0.2) is 24.4 Å². The molecule has 0 unspecified atom stereocenters. The van der Waals surface area contributed by atoms with E-state index >= 15 is 0 Å². The lowest BCUT2D eigenvalue weighted by Gasteiger charge is -2.18. The predicted octanol–water partition coefficient (Wildman–Crippen LogP) is 4.07. The van der Waals surface area contributed by atoms with E-state index in [1.807, 2.05) is 50.4 Å². The van der Waals surface area contributed by atoms with Crippen molar-refractivity contribution in [1.82, 2.24) is 4.90 Å². The number of carbonyl (C=O) groups is 1. The molecule has 2 aromatic carbocycles. The summed E-state index contributed by atoms with van der Waals surface area (Å²) in [6.45, 7) is 2.70. The largest absolute Gasteiger partial charge is 0.341 e. The molecule has 0 atom stereocenters. The molecular weight excluding hydrogens is 314 g/mol. The molecule has 0 aliphatic carbocycles. The second-order valence-corrected chi connectivity index (χ2v) is 5.80. The first-order valence-corrected chi connectivity index (χ1v) is 7.43. The zero-order chi connectivity index (χ0) is 14.5. The topological polar surface area (TPSA) is 20.3 Å². The molecule has 2 rings (SSSR count). The van der Waals surface area contributed by atoms with E-state index < -0.39 is 0 Å². The van der Waals surface area contributed by atoms with Crippen LogP contribution < -0.4 is 0 Å². The first-order chi connectivity index (χ1) is 9.58. The Labute approximate surface area is 128 Å². The summed E-state index contributed by atoms with van der Waals surface area (Å²) in [5.74, 6) is 0.0523. The third kappa shape index (κ3) is 3.70. The molecule has 0 spiro atoms. The number of hydrogen-bond donors (Lipinski definition) is 0. The van der Waals surface area contributed by atoms with E-state index in [9.17, 15) is 4.79 Å². The molecule has 0 fully saturated rings. The van der Waals surface area contributed by atoms with Crippen molar-refractivity contribution in [3.8, 4) is 0 Å². The van der Waals surface area contributed by atoms with Crippen LogP contribution in [0.2, 0.25) is 0 Å². The molecule has 0 aliphatic heterocycles. The van der Waals surface area contributed by atoms with Gasteiger partial charge < -0.3 is 4.90 Å². The van der Waals surface area contributed by atoms with Gasteiger partial charge >= 0.3 is 0 Å². The van der Waals surface area contributed by atoms with E-state index in [4.69, 9.17) is 0 Å². The van der Waals surface area contributed by atoms with E-state index in [2.05, 4.69) is 28.1 Å². The van der Waals surface area contributed by atoms with Crippen molar-refractivity contribution in [2.45, 2.75) is 13.3 Å². The van der Waals surface area contributed by atoms with E-state index in [0.717, 1.165) is 22.0 Å². The van der Waals surface area contributed by atoms with Crippen LogP contribution in [0, 0.1) is 6.92 Å². The van der Waals surface area contributed by atoms with Gasteiger partial charge in [0.05, 0.1) is 5.56 Å². The Hall–Kier alpha value is -1.61. The normalized spacial score (nSPS) is 10.3. The van der Waals surface area contributed by atoms with Crippen LogP contribution in [0.4, 0.5) is 0 Å². The summed E-state index contributed by atoms with van der Waals surface area (Å²) in [5, 5.41) is 0. The maximum Gasteiger partial charge on any atom is 0.254 e. The minimum absolute atomic E-state index is 0.0523. The van der Waals surface area contributed by atoms with Gasteiger partial charge in [0.2, 0.25) is 0 Å². The fraction of sp³-hybridized carbons (Fsp3) is 0.235. The zero-order valence-electron chi connectivity index (χ0n) is 11.8. The van der Waals surface area contributed by atoms with Gasteiger partial charge in [-0.15, -0.1) is 0 Å². The van der Waals surface area contributed by atoms with E-state index in [-0.39, 0.29) is 5.91 Å². The van der Waals surface area contributed by atoms with Crippen molar-refractivity contribution < 1.29 is 4.79 Å². The Balaban J connectivity index is 2.03. The SMILES string of the molecule is Cc1ccc(Br)c(C(=O)N(C)CCc2ccccc2)c1. The van der Waals surface area contributed by atoms with Gasteiger partial charge in [-0.2, -0.15) is 0 Å². The highest BCUT2D eigenvalue weighted by Gasteiger charge is 2.14. The highest BCUT2D eigenvalue weighted by atomic mass is 79.9. The molecule has 3 heteroatoms. The number of carbonyl (C=O) groups excluding carboxylic acids is 1. The Morgan fingerprint density at radius 2 is 1.85 bits per heavy atom. The molecule has 0 bridgehead atoms. The van der Waals surface area contributed by atoms with Gasteiger partial charge in [0.1, 0.15) is 0 Å². The standard InChI is InChI=1S/C17H18BrNO/c1-13-8-9-16(18)15(12-13)17(20)19(2)11-10-14-6-4-3-5-7-14/h3-9,12H,10-11H2,1-2H3. The number of benzene rings is 2. The van der Waals surface area contributed by atoms with Gasteiger partial charge in [-0.05, 0) is 47.0 Å². The summed E-state index contributed by atoms with van der Waals surface area (Å²) < 4.78 is 0.847. The highest BCUT2D eigenvalue weighted by molar-refractivity contribution is 9.10. The lowest BCUT2D eigenvalue weighted by Crippen LogP contribution is -2.29. The van der Waals surface area contributed by atoms with Gasteiger partial charge in [-0.3, -0.25) is 4.79 Å². The smallest absolute Gasteiger partial charge is 0.254 e. The molecule has 0 radical (unpaired) electrons. The average Bonchev–Trinajstić information content (AvgIpc) is 2.47. The van der Waals surface area contributed by atoms with Crippen LogP contribution in [0.15, 0.2) is 53.0 Å². The van der Waals surface area contributed by atoms with Crippen LogP contribution in [0.25, 0.3) is 0 Å². The van der Waals surface area contributed by atoms with E-state index in [1.54, 1.807) is 4.90 Å². The van der Waals surface area contributed by atoms with Crippen LogP contribution in [0.3, 0.4) is 0 Å². The first kappa shape index (κ1) is 14.8. The number of likely N-dealkylation sites (N-methyl/N-ethyl adjacent to an activating group) is 1. The minimum Gasteiger partial charge on any atom is -0.341 e. The van der Waals surface area contributed by atoms with Gasteiger partial charge in [-0.1, -0.05) is 42.0 Å². The maximum atomic E-state index is 12.4. The number of rotatable bonds is 4. The summed E-state index contributed by atoms with van der Waals surface area (Å²) in [6.07, 6.45) is 0.868. The molecule has 0 aliphatic rings. The Morgan fingerprint density at radius 3 is 2.55 bits per heavy atom. The third-order valence-electron chi connectivity index (χ3n) is 3.28. The van der Waals surface area contributed by atoms with Crippen molar-refractivity contribution in [2.24, 2.45) is 0 Å². The zero-order valence-corrected chi connectivity index (χ0v) is 13.4. The third-order valence-corrected chi connectivity index (χ3v) is 3.97. The van der Waals surface area contributed by atoms with Gasteiger partial charge in [0, 0.05) is 18.1 Å². The lowest BCUT2D eigenvalue weighted by molar-refractivity contribution is 0.0795. The van der Waals surface area contributed by atoms with Crippen molar-refractivity contribution in [3.63, 3.8) is 0 Å². The molecule has 104 valence electrons. The molecule has 20 heavy (non-hydrogen) atoms. The highest BCUT2D eigenvalue weighted by Crippen LogP contribution is 2.19. The maximum absolute atomic E-state index is 12.4. The molecule has 0 aromatic heterocycles. The predicted molar refractivity (Wildman–Crippen MR) is 86.0 cm³/mol. The molecule has 0 heterocycles. The molecule has 2 aromatic rings. The van der Waals surface area contributed by atoms with Crippen LogP contribution in [0.5, 0.6) is 0 Å². The van der Waals surface area contributed by atoms with Gasteiger partial charge in [0.15, 0.2) is 0 Å². The van der Waals surface area contributed by atoms with Crippen LogP contribution in [-0.2, 0) is 6.42 Å². The summed E-state index contributed by atoms with van der Waals surface area (Å²) >= 11 is 3.45. The van der Waals surface area contributed by atoms with Gasteiger partial charge in [-0.25, -0.2) is 0 Å². The first-order valence-electron chi connectivity index (χ1n) is 6.63. The quantitative estimate of drug-likeness (QED) is 0.826. The number of amides is 1. The van der Waals surface area contributed by atoms with E-state index in [0.29, 0.717) is 6.54 Å². The number of hydrogen-bond acceptors (Lipinski definition) is 1. The fourth-order valence-corrected chi connectivity index (χ4v) is 2.47. The van der Waals surface area contributed by atoms with Crippen molar-refractivity contribution in [3.05, 3.63) is 69.7 Å². The molecule has 0 N–H and O–H groups in total. The Morgan fingerprint density at radius 1 is 1.15 bits per heavy atom.